The van der Waals surface area contributed by atoms with Crippen molar-refractivity contribution in [3.05, 3.63) is 64.7 Å². The van der Waals surface area contributed by atoms with Gasteiger partial charge in [-0.05, 0) is 48.9 Å². The van der Waals surface area contributed by atoms with E-state index in [0.29, 0.717) is 16.3 Å². The largest absolute Gasteiger partial charge is 0.484 e. The van der Waals surface area contributed by atoms with E-state index in [1.807, 2.05) is 0 Å². The highest BCUT2D eigenvalue weighted by atomic mass is 35.5. The lowest BCUT2D eigenvalue weighted by Gasteiger charge is -2.16. The second kappa shape index (κ2) is 7.57. The van der Waals surface area contributed by atoms with Crippen molar-refractivity contribution in [1.29, 1.82) is 0 Å². The third-order valence-corrected chi connectivity index (χ3v) is 3.55. The van der Waals surface area contributed by atoms with Gasteiger partial charge in [-0.25, -0.2) is 0 Å². The molecule has 0 aliphatic carbocycles. The summed E-state index contributed by atoms with van der Waals surface area (Å²) in [6.07, 6.45) is -4.38. The Morgan fingerprint density at radius 1 is 1.12 bits per heavy atom. The Bertz CT molecular complexity index is 684. The van der Waals surface area contributed by atoms with Gasteiger partial charge in [-0.15, -0.1) is 0 Å². The van der Waals surface area contributed by atoms with E-state index in [-0.39, 0.29) is 12.5 Å². The molecule has 128 valence electrons. The van der Waals surface area contributed by atoms with Crippen LogP contribution in [0.4, 0.5) is 13.2 Å². The maximum Gasteiger partial charge on any atom is 0.416 e. The molecule has 1 N–H and O–H groups in total. The maximum atomic E-state index is 12.5. The Morgan fingerprint density at radius 2 is 1.71 bits per heavy atom. The molecule has 0 aliphatic rings. The lowest BCUT2D eigenvalue weighted by molar-refractivity contribution is -0.137. The molecule has 0 aromatic heterocycles. The number of halogens is 4. The van der Waals surface area contributed by atoms with Crippen molar-refractivity contribution in [3.63, 3.8) is 0 Å². The van der Waals surface area contributed by atoms with Crippen LogP contribution in [0.1, 0.15) is 24.1 Å². The van der Waals surface area contributed by atoms with E-state index in [1.165, 1.54) is 12.1 Å². The van der Waals surface area contributed by atoms with Gasteiger partial charge >= 0.3 is 6.18 Å². The second-order valence-electron chi connectivity index (χ2n) is 5.15. The van der Waals surface area contributed by atoms with Crippen LogP contribution >= 0.6 is 11.6 Å². The molecule has 7 heteroatoms. The number of carbonyl (C=O) groups excluding carboxylic acids is 1. The summed E-state index contributed by atoms with van der Waals surface area (Å²) in [6, 6.07) is 10.8. The van der Waals surface area contributed by atoms with Gasteiger partial charge in [-0.1, -0.05) is 23.7 Å². The molecule has 1 atom stereocenters. The highest BCUT2D eigenvalue weighted by Crippen LogP contribution is 2.29. The van der Waals surface area contributed by atoms with Gasteiger partial charge in [0.25, 0.3) is 5.91 Å². The molecule has 0 radical (unpaired) electrons. The molecular weight excluding hydrogens is 343 g/mol. The summed E-state index contributed by atoms with van der Waals surface area (Å²) in [5.74, 6) is 0.120. The fourth-order valence-corrected chi connectivity index (χ4v) is 2.13. The van der Waals surface area contributed by atoms with Crippen LogP contribution in [0, 0.1) is 0 Å². The molecule has 24 heavy (non-hydrogen) atoms. The Labute approximate surface area is 142 Å². The molecule has 0 heterocycles. The highest BCUT2D eigenvalue weighted by Gasteiger charge is 2.30. The molecule has 1 amide bonds. The van der Waals surface area contributed by atoms with Gasteiger partial charge in [0.1, 0.15) is 5.75 Å². The Hall–Kier alpha value is -2.21. The first-order chi connectivity index (χ1) is 11.3. The number of hydrogen-bond donors (Lipinski definition) is 1. The first kappa shape index (κ1) is 18.1. The zero-order chi connectivity index (χ0) is 17.7. The fraction of sp³-hybridized carbons (Fsp3) is 0.235. The topological polar surface area (TPSA) is 38.3 Å². The molecule has 0 fully saturated rings. The summed E-state index contributed by atoms with van der Waals surface area (Å²) in [4.78, 5) is 11.9. The van der Waals surface area contributed by atoms with Gasteiger partial charge in [-0.3, -0.25) is 4.79 Å². The quantitative estimate of drug-likeness (QED) is 0.848. The number of rotatable bonds is 5. The molecule has 0 saturated heterocycles. The van der Waals surface area contributed by atoms with E-state index in [2.05, 4.69) is 5.32 Å². The number of hydrogen-bond acceptors (Lipinski definition) is 2. The molecule has 1 unspecified atom stereocenters. The summed E-state index contributed by atoms with van der Waals surface area (Å²) in [6.45, 7) is 1.48. The van der Waals surface area contributed by atoms with E-state index in [1.54, 1.807) is 31.2 Å². The van der Waals surface area contributed by atoms with Gasteiger partial charge in [0, 0.05) is 5.02 Å². The SMILES string of the molecule is CC(NC(=O)COc1ccc(Cl)cc1)c1ccc(C(F)(F)F)cc1. The van der Waals surface area contributed by atoms with E-state index >= 15 is 0 Å². The summed E-state index contributed by atoms with van der Waals surface area (Å²) in [5.41, 5.74) is -0.154. The van der Waals surface area contributed by atoms with Crippen molar-refractivity contribution in [2.75, 3.05) is 6.61 Å². The summed E-state index contributed by atoms with van der Waals surface area (Å²) < 4.78 is 42.9. The standard InChI is InChI=1S/C17H15ClF3NO2/c1-11(12-2-4-13(5-3-12)17(19,20)21)22-16(23)10-24-15-8-6-14(18)7-9-15/h2-9,11H,10H2,1H3,(H,22,23). The number of nitrogens with one attached hydrogen (secondary N) is 1. The summed E-state index contributed by atoms with van der Waals surface area (Å²) >= 11 is 5.75. The smallest absolute Gasteiger partial charge is 0.416 e. The minimum atomic E-state index is -4.38. The maximum absolute atomic E-state index is 12.5. The van der Waals surface area contributed by atoms with Crippen molar-refractivity contribution in [1.82, 2.24) is 5.32 Å². The van der Waals surface area contributed by atoms with Gasteiger partial charge in [0.05, 0.1) is 11.6 Å². The van der Waals surface area contributed by atoms with Gasteiger partial charge in [0.15, 0.2) is 6.61 Å². The second-order valence-corrected chi connectivity index (χ2v) is 5.59. The van der Waals surface area contributed by atoms with Crippen LogP contribution in [0.15, 0.2) is 48.5 Å². The normalized spacial score (nSPS) is 12.5. The minimum absolute atomic E-state index is 0.202. The number of alkyl halides is 3. The van der Waals surface area contributed by atoms with Crippen LogP contribution in [-0.4, -0.2) is 12.5 Å². The lowest BCUT2D eigenvalue weighted by atomic mass is 10.1. The molecule has 3 nitrogen and oxygen atoms in total. The Balaban J connectivity index is 1.88. The molecule has 2 aromatic carbocycles. The van der Waals surface area contributed by atoms with Crippen molar-refractivity contribution in [3.8, 4) is 5.75 Å². The number of ether oxygens (including phenoxy) is 1. The van der Waals surface area contributed by atoms with Crippen LogP contribution < -0.4 is 10.1 Å². The third kappa shape index (κ3) is 5.16. The lowest BCUT2D eigenvalue weighted by Crippen LogP contribution is -2.31. The van der Waals surface area contributed by atoms with Crippen LogP contribution in [0.25, 0.3) is 0 Å². The van der Waals surface area contributed by atoms with Crippen molar-refractivity contribution in [2.24, 2.45) is 0 Å². The van der Waals surface area contributed by atoms with E-state index in [4.69, 9.17) is 16.3 Å². The Morgan fingerprint density at radius 3 is 2.25 bits per heavy atom. The molecule has 0 bridgehead atoms. The van der Waals surface area contributed by atoms with Crippen LogP contribution in [0.3, 0.4) is 0 Å². The molecule has 0 spiro atoms. The summed E-state index contributed by atoms with van der Waals surface area (Å²) in [5, 5.41) is 3.22. The minimum Gasteiger partial charge on any atom is -0.484 e. The molecule has 0 aliphatic heterocycles. The van der Waals surface area contributed by atoms with Gasteiger partial charge in [-0.2, -0.15) is 13.2 Å². The summed E-state index contributed by atoms with van der Waals surface area (Å²) in [7, 11) is 0. The van der Waals surface area contributed by atoms with Crippen molar-refractivity contribution >= 4 is 17.5 Å². The fourth-order valence-electron chi connectivity index (χ4n) is 2.01. The molecule has 2 rings (SSSR count). The zero-order valence-corrected chi connectivity index (χ0v) is 13.5. The number of carbonyl (C=O) groups is 1. The Kier molecular flexibility index (Phi) is 5.72. The average molecular weight is 358 g/mol. The highest BCUT2D eigenvalue weighted by molar-refractivity contribution is 6.30. The van der Waals surface area contributed by atoms with Crippen LogP contribution in [0.2, 0.25) is 5.02 Å². The third-order valence-electron chi connectivity index (χ3n) is 3.30. The van der Waals surface area contributed by atoms with Crippen LogP contribution in [0.5, 0.6) is 5.75 Å². The molecule has 0 saturated carbocycles. The van der Waals surface area contributed by atoms with Crippen molar-refractivity contribution < 1.29 is 22.7 Å². The van der Waals surface area contributed by atoms with Gasteiger partial charge < -0.3 is 10.1 Å². The predicted octanol–water partition coefficient (Wildman–Crippen LogP) is 4.62. The first-order valence-corrected chi connectivity index (χ1v) is 7.48. The number of amides is 1. The van der Waals surface area contributed by atoms with Crippen LogP contribution in [-0.2, 0) is 11.0 Å². The molecular formula is C17H15ClF3NO2. The van der Waals surface area contributed by atoms with E-state index < -0.39 is 17.8 Å². The monoisotopic (exact) mass is 357 g/mol. The molecule has 2 aromatic rings. The predicted molar refractivity (Wildman–Crippen MR) is 84.9 cm³/mol. The van der Waals surface area contributed by atoms with E-state index in [9.17, 15) is 18.0 Å². The average Bonchev–Trinajstić information content (AvgIpc) is 2.53. The zero-order valence-electron chi connectivity index (χ0n) is 12.7. The number of benzene rings is 2. The van der Waals surface area contributed by atoms with E-state index in [0.717, 1.165) is 12.1 Å². The van der Waals surface area contributed by atoms with Crippen molar-refractivity contribution in [2.45, 2.75) is 19.1 Å². The van der Waals surface area contributed by atoms with Gasteiger partial charge in [0.2, 0.25) is 0 Å². The first-order valence-electron chi connectivity index (χ1n) is 7.10.